The van der Waals surface area contributed by atoms with Crippen molar-refractivity contribution in [2.24, 2.45) is 5.92 Å². The Kier molecular flexibility index (Phi) is 6.09. The van der Waals surface area contributed by atoms with E-state index in [1.165, 1.54) is 16.2 Å². The molecule has 1 aromatic carbocycles. The molecule has 1 N–H and O–H groups in total. The van der Waals surface area contributed by atoms with Crippen molar-refractivity contribution in [3.63, 3.8) is 0 Å². The predicted molar refractivity (Wildman–Crippen MR) is 114 cm³/mol. The Morgan fingerprint density at radius 3 is 2.59 bits per heavy atom. The number of benzene rings is 1. The first kappa shape index (κ1) is 21.1. The van der Waals surface area contributed by atoms with Gasteiger partial charge in [-0.2, -0.15) is 5.26 Å². The molecule has 0 saturated carbocycles. The van der Waals surface area contributed by atoms with Crippen molar-refractivity contribution < 1.29 is 14.3 Å². The molecule has 0 bridgehead atoms. The van der Waals surface area contributed by atoms with Crippen LogP contribution in [-0.2, 0) is 27.8 Å². The monoisotopic (exact) mass is 410 g/mol. The Morgan fingerprint density at radius 2 is 1.97 bits per heavy atom. The minimum Gasteiger partial charge on any atom is -0.452 e. The van der Waals surface area contributed by atoms with E-state index in [9.17, 15) is 14.9 Å². The highest BCUT2D eigenvalue weighted by Crippen LogP contribution is 2.39. The Hall–Kier alpha value is -2.65. The molecule has 3 rings (SSSR count). The van der Waals surface area contributed by atoms with Crippen molar-refractivity contribution in [3.05, 3.63) is 51.4 Å². The van der Waals surface area contributed by atoms with Crippen molar-refractivity contribution in [1.29, 1.82) is 5.26 Å². The number of amides is 1. The van der Waals surface area contributed by atoms with Crippen LogP contribution in [0.25, 0.3) is 0 Å². The molecule has 29 heavy (non-hydrogen) atoms. The van der Waals surface area contributed by atoms with Gasteiger partial charge in [-0.1, -0.05) is 39.8 Å². The number of anilines is 1. The van der Waals surface area contributed by atoms with Crippen LogP contribution in [0.4, 0.5) is 5.00 Å². The molecular formula is C23H26N2O3S. The molecule has 0 spiro atoms. The smallest absolute Gasteiger partial charge is 0.338 e. The molecule has 0 aliphatic heterocycles. The maximum absolute atomic E-state index is 12.3. The van der Waals surface area contributed by atoms with Gasteiger partial charge in [-0.25, -0.2) is 4.79 Å². The lowest BCUT2D eigenvalue weighted by Gasteiger charge is -2.18. The van der Waals surface area contributed by atoms with Crippen LogP contribution in [0.3, 0.4) is 0 Å². The summed E-state index contributed by atoms with van der Waals surface area (Å²) in [6, 6.07) is 9.43. The zero-order valence-electron chi connectivity index (χ0n) is 17.3. The zero-order chi connectivity index (χ0) is 21.2. The van der Waals surface area contributed by atoms with Crippen molar-refractivity contribution in [2.75, 3.05) is 11.9 Å². The van der Waals surface area contributed by atoms with Gasteiger partial charge in [0.1, 0.15) is 11.1 Å². The SMILES string of the molecule is CC1CCc2c(sc(NC(=O)COC(=O)c3ccc(C(C)(C)C)cc3)c2C#N)C1. The normalized spacial score (nSPS) is 15.9. The quantitative estimate of drug-likeness (QED) is 0.732. The number of nitrogens with zero attached hydrogens (tertiary/aromatic N) is 1. The van der Waals surface area contributed by atoms with Gasteiger partial charge < -0.3 is 10.1 Å². The Labute approximate surface area is 175 Å². The number of rotatable bonds is 4. The number of nitriles is 1. The zero-order valence-corrected chi connectivity index (χ0v) is 18.1. The van der Waals surface area contributed by atoms with Crippen molar-refractivity contribution in [3.8, 4) is 6.07 Å². The molecule has 0 saturated heterocycles. The Bertz CT molecular complexity index is 962. The number of fused-ring (bicyclic) bond motifs is 1. The van der Waals surface area contributed by atoms with E-state index in [-0.39, 0.29) is 12.0 Å². The molecule has 5 nitrogen and oxygen atoms in total. The molecule has 1 aromatic heterocycles. The molecule has 0 radical (unpaired) electrons. The topological polar surface area (TPSA) is 79.2 Å². The molecule has 1 atom stereocenters. The molecule has 1 unspecified atom stereocenters. The minimum atomic E-state index is -0.541. The summed E-state index contributed by atoms with van der Waals surface area (Å²) in [5.74, 6) is -0.393. The van der Waals surface area contributed by atoms with Gasteiger partial charge in [0.25, 0.3) is 5.91 Å². The number of carbonyl (C=O) groups is 2. The fraction of sp³-hybridized carbons (Fsp3) is 0.435. The standard InChI is InChI=1S/C23H26N2O3S/c1-14-5-10-17-18(12-24)21(29-19(17)11-14)25-20(26)13-28-22(27)15-6-8-16(9-7-15)23(2,3)4/h6-9,14H,5,10-11,13H2,1-4H3,(H,25,26). The van der Waals surface area contributed by atoms with E-state index in [0.717, 1.165) is 30.4 Å². The molecule has 6 heteroatoms. The van der Waals surface area contributed by atoms with Gasteiger partial charge in [0.2, 0.25) is 0 Å². The summed E-state index contributed by atoms with van der Waals surface area (Å²) < 4.78 is 5.15. The average molecular weight is 411 g/mol. The molecule has 1 aliphatic carbocycles. The number of thiophene rings is 1. The largest absolute Gasteiger partial charge is 0.452 e. The van der Waals surface area contributed by atoms with E-state index >= 15 is 0 Å². The van der Waals surface area contributed by atoms with E-state index < -0.39 is 11.9 Å². The highest BCUT2D eigenvalue weighted by molar-refractivity contribution is 7.16. The van der Waals surface area contributed by atoms with Crippen molar-refractivity contribution in [1.82, 2.24) is 0 Å². The van der Waals surface area contributed by atoms with Crippen molar-refractivity contribution >= 4 is 28.2 Å². The third-order valence-electron chi connectivity index (χ3n) is 5.20. The van der Waals surface area contributed by atoms with Crippen LogP contribution in [0, 0.1) is 17.2 Å². The van der Waals surface area contributed by atoms with Gasteiger partial charge in [0, 0.05) is 4.88 Å². The van der Waals surface area contributed by atoms with Crippen LogP contribution in [0.5, 0.6) is 0 Å². The number of hydrogen-bond donors (Lipinski definition) is 1. The molecule has 2 aromatic rings. The summed E-state index contributed by atoms with van der Waals surface area (Å²) >= 11 is 1.46. The second kappa shape index (κ2) is 8.38. The van der Waals surface area contributed by atoms with Crippen LogP contribution < -0.4 is 5.32 Å². The number of carbonyl (C=O) groups excluding carboxylic acids is 2. The molecule has 1 amide bonds. The summed E-state index contributed by atoms with van der Waals surface area (Å²) in [6.45, 7) is 8.11. The lowest BCUT2D eigenvalue weighted by atomic mass is 9.87. The number of hydrogen-bond acceptors (Lipinski definition) is 5. The first-order chi connectivity index (χ1) is 13.7. The maximum Gasteiger partial charge on any atom is 0.338 e. The Balaban J connectivity index is 1.60. The highest BCUT2D eigenvalue weighted by Gasteiger charge is 2.25. The summed E-state index contributed by atoms with van der Waals surface area (Å²) in [5.41, 5.74) is 3.13. The van der Waals surface area contributed by atoms with Gasteiger partial charge in [-0.15, -0.1) is 11.3 Å². The third-order valence-corrected chi connectivity index (χ3v) is 6.37. The van der Waals surface area contributed by atoms with Gasteiger partial charge in [-0.05, 0) is 53.9 Å². The van der Waals surface area contributed by atoms with Crippen LogP contribution in [-0.4, -0.2) is 18.5 Å². The predicted octanol–water partition coefficient (Wildman–Crippen LogP) is 4.84. The minimum absolute atomic E-state index is 0.00155. The van der Waals surface area contributed by atoms with E-state index in [0.29, 0.717) is 22.0 Å². The lowest BCUT2D eigenvalue weighted by molar-refractivity contribution is -0.119. The molecule has 1 heterocycles. The summed E-state index contributed by atoms with van der Waals surface area (Å²) in [5, 5.41) is 12.8. The molecule has 0 fully saturated rings. The molecule has 1 aliphatic rings. The van der Waals surface area contributed by atoms with Crippen LogP contribution in [0.15, 0.2) is 24.3 Å². The molecule has 152 valence electrons. The highest BCUT2D eigenvalue weighted by atomic mass is 32.1. The van der Waals surface area contributed by atoms with E-state index in [1.54, 1.807) is 12.1 Å². The number of nitrogens with one attached hydrogen (secondary N) is 1. The second-order valence-electron chi connectivity index (χ2n) is 8.62. The first-order valence-electron chi connectivity index (χ1n) is 9.81. The van der Waals surface area contributed by atoms with Gasteiger partial charge >= 0.3 is 5.97 Å². The van der Waals surface area contributed by atoms with E-state index in [4.69, 9.17) is 4.74 Å². The number of ether oxygens (including phenoxy) is 1. The van der Waals surface area contributed by atoms with Crippen LogP contribution >= 0.6 is 11.3 Å². The van der Waals surface area contributed by atoms with E-state index in [1.807, 2.05) is 12.1 Å². The van der Waals surface area contributed by atoms with Gasteiger partial charge in [0.05, 0.1) is 11.1 Å². The summed E-state index contributed by atoms with van der Waals surface area (Å²) in [7, 11) is 0. The fourth-order valence-electron chi connectivity index (χ4n) is 3.44. The van der Waals surface area contributed by atoms with Gasteiger partial charge in [-0.3, -0.25) is 4.79 Å². The summed E-state index contributed by atoms with van der Waals surface area (Å²) in [6.07, 6.45) is 2.85. The number of esters is 1. The van der Waals surface area contributed by atoms with Crippen molar-refractivity contribution in [2.45, 2.75) is 52.4 Å². The maximum atomic E-state index is 12.3. The Morgan fingerprint density at radius 1 is 1.28 bits per heavy atom. The average Bonchev–Trinajstić information content (AvgIpc) is 3.01. The first-order valence-corrected chi connectivity index (χ1v) is 10.6. The van der Waals surface area contributed by atoms with Gasteiger partial charge in [0.15, 0.2) is 6.61 Å². The van der Waals surface area contributed by atoms with E-state index in [2.05, 4.69) is 39.1 Å². The second-order valence-corrected chi connectivity index (χ2v) is 9.72. The van der Waals surface area contributed by atoms with Crippen LogP contribution in [0.2, 0.25) is 0 Å². The lowest BCUT2D eigenvalue weighted by Crippen LogP contribution is -2.21. The van der Waals surface area contributed by atoms with Crippen LogP contribution in [0.1, 0.15) is 66.0 Å². The molecular weight excluding hydrogens is 384 g/mol. The third kappa shape index (κ3) is 4.86. The summed E-state index contributed by atoms with van der Waals surface area (Å²) in [4.78, 5) is 25.7. The fourth-order valence-corrected chi connectivity index (χ4v) is 4.82.